The van der Waals surface area contributed by atoms with Crippen LogP contribution in [0, 0.1) is 24.6 Å². The first-order valence-corrected chi connectivity index (χ1v) is 9.82. The van der Waals surface area contributed by atoms with E-state index in [-0.39, 0.29) is 17.6 Å². The van der Waals surface area contributed by atoms with Crippen LogP contribution in [0.2, 0.25) is 0 Å². The number of rotatable bonds is 6. The molecule has 3 aromatic rings. The Morgan fingerprint density at radius 3 is 2.86 bits per heavy atom. The van der Waals surface area contributed by atoms with E-state index in [4.69, 9.17) is 4.74 Å². The summed E-state index contributed by atoms with van der Waals surface area (Å²) in [5, 5.41) is 8.15. The molecule has 2 aliphatic rings. The van der Waals surface area contributed by atoms with Crippen LogP contribution in [0.1, 0.15) is 25.0 Å². The number of fused-ring (bicyclic) bond motifs is 1. The molecule has 0 spiro atoms. The summed E-state index contributed by atoms with van der Waals surface area (Å²) in [6.07, 6.45) is 4.20. The molecule has 1 saturated heterocycles. The van der Waals surface area contributed by atoms with Crippen molar-refractivity contribution in [1.82, 2.24) is 19.7 Å². The molecule has 2 aromatic heterocycles. The van der Waals surface area contributed by atoms with Crippen LogP contribution < -0.4 is 10.1 Å². The predicted octanol–water partition coefficient (Wildman–Crippen LogP) is 3.20. The van der Waals surface area contributed by atoms with Crippen molar-refractivity contribution in [2.75, 3.05) is 13.2 Å². The van der Waals surface area contributed by atoms with Crippen LogP contribution in [0.5, 0.6) is 5.75 Å². The van der Waals surface area contributed by atoms with E-state index < -0.39 is 0 Å². The average molecular weight is 382 g/mol. The lowest BCUT2D eigenvalue weighted by Gasteiger charge is -2.15. The van der Waals surface area contributed by atoms with E-state index >= 15 is 0 Å². The molecule has 1 unspecified atom stereocenters. The molecule has 6 nitrogen and oxygen atoms in total. The van der Waals surface area contributed by atoms with Crippen LogP contribution in [-0.2, 0) is 11.3 Å². The average Bonchev–Trinajstić information content (AvgIpc) is 3.16. The van der Waals surface area contributed by atoms with Gasteiger partial charge >= 0.3 is 0 Å². The van der Waals surface area contributed by atoms with Gasteiger partial charge in [-0.25, -0.2) is 9.07 Å². The second kappa shape index (κ2) is 6.65. The van der Waals surface area contributed by atoms with Crippen molar-refractivity contribution in [1.29, 1.82) is 0 Å². The summed E-state index contributed by atoms with van der Waals surface area (Å²) in [5.41, 5.74) is 1.51. The smallest absolute Gasteiger partial charge is 0.220 e. The minimum atomic E-state index is -0.307. The summed E-state index contributed by atoms with van der Waals surface area (Å²) >= 11 is 0. The number of benzene rings is 1. The highest BCUT2D eigenvalue weighted by Gasteiger charge is 2.27. The Hall–Kier alpha value is -2.83. The molecule has 7 heteroatoms. The van der Waals surface area contributed by atoms with Gasteiger partial charge in [-0.2, -0.15) is 5.10 Å². The van der Waals surface area contributed by atoms with Crippen LogP contribution in [0.3, 0.4) is 0 Å². The second-order valence-electron chi connectivity index (χ2n) is 7.93. The monoisotopic (exact) mass is 382 g/mol. The maximum atomic E-state index is 13.9. The minimum absolute atomic E-state index is 0.0855. The molecular weight excluding hydrogens is 359 g/mol. The molecule has 0 radical (unpaired) electrons. The van der Waals surface area contributed by atoms with Crippen molar-refractivity contribution in [3.05, 3.63) is 42.0 Å². The lowest BCUT2D eigenvalue weighted by Crippen LogP contribution is -2.17. The number of halogens is 1. The molecule has 1 aromatic carbocycles. The fraction of sp³-hybridized carbons (Fsp3) is 0.429. The molecule has 0 bridgehead atoms. The summed E-state index contributed by atoms with van der Waals surface area (Å²) in [4.78, 5) is 11.4. The van der Waals surface area contributed by atoms with Gasteiger partial charge < -0.3 is 14.6 Å². The van der Waals surface area contributed by atoms with Crippen LogP contribution in [0.15, 0.2) is 30.5 Å². The Morgan fingerprint density at radius 1 is 1.32 bits per heavy atom. The Balaban J connectivity index is 1.55. The summed E-state index contributed by atoms with van der Waals surface area (Å²) in [7, 11) is 0. The first-order chi connectivity index (χ1) is 13.6. The Labute approximate surface area is 162 Å². The number of para-hydroxylation sites is 1. The number of carbonyl (C=O) groups is 1. The van der Waals surface area contributed by atoms with Gasteiger partial charge in [-0.15, -0.1) is 0 Å². The molecule has 1 amide bonds. The predicted molar refractivity (Wildman–Crippen MR) is 103 cm³/mol. The number of hydrogen-bond acceptors (Lipinski definition) is 3. The summed E-state index contributed by atoms with van der Waals surface area (Å²) in [5.74, 6) is 2.27. The van der Waals surface area contributed by atoms with Gasteiger partial charge in [0.05, 0.1) is 24.0 Å². The third-order valence-electron chi connectivity index (χ3n) is 5.70. The highest BCUT2D eigenvalue weighted by Crippen LogP contribution is 2.37. The molecular formula is C21H23FN4O2. The molecule has 146 valence electrons. The number of nitrogens with one attached hydrogen (secondary N) is 1. The van der Waals surface area contributed by atoms with E-state index in [0.29, 0.717) is 31.2 Å². The van der Waals surface area contributed by atoms with Gasteiger partial charge in [0.25, 0.3) is 0 Å². The fourth-order valence-corrected chi connectivity index (χ4v) is 3.92. The Bertz CT molecular complexity index is 1050. The zero-order chi connectivity index (χ0) is 19.3. The molecule has 1 N–H and O–H groups in total. The standard InChI is InChI=1S/C21H23FN4O2/c1-13-17(22)10-24-26(13)20-8-16-3-2-4-18(21(16)25(20)11-14-5-6-14)28-12-15-7-19(27)23-9-15/h2-4,8,10,14-15H,5-7,9,11-12H2,1H3,(H,23,27). The molecule has 3 heterocycles. The van der Waals surface area contributed by atoms with Gasteiger partial charge in [-0.05, 0) is 37.8 Å². The lowest BCUT2D eigenvalue weighted by atomic mass is 10.1. The van der Waals surface area contributed by atoms with Crippen molar-refractivity contribution in [3.63, 3.8) is 0 Å². The zero-order valence-electron chi connectivity index (χ0n) is 15.8. The molecule has 28 heavy (non-hydrogen) atoms. The SMILES string of the molecule is Cc1c(F)cnn1-c1cc2cccc(OCC3CNC(=O)C3)c2n1CC1CC1. The van der Waals surface area contributed by atoms with Gasteiger partial charge in [-0.1, -0.05) is 12.1 Å². The van der Waals surface area contributed by atoms with Gasteiger partial charge in [-0.3, -0.25) is 4.79 Å². The van der Waals surface area contributed by atoms with Gasteiger partial charge in [0.15, 0.2) is 5.82 Å². The van der Waals surface area contributed by atoms with Crippen molar-refractivity contribution in [2.45, 2.75) is 32.7 Å². The third kappa shape index (κ3) is 3.04. The number of hydrogen-bond donors (Lipinski definition) is 1. The van der Waals surface area contributed by atoms with E-state index in [0.717, 1.165) is 29.0 Å². The van der Waals surface area contributed by atoms with Gasteiger partial charge in [0, 0.05) is 30.8 Å². The largest absolute Gasteiger partial charge is 0.491 e. The Morgan fingerprint density at radius 2 is 2.18 bits per heavy atom. The van der Waals surface area contributed by atoms with E-state index in [1.807, 2.05) is 24.3 Å². The van der Waals surface area contributed by atoms with Crippen molar-refractivity contribution < 1.29 is 13.9 Å². The van der Waals surface area contributed by atoms with Crippen molar-refractivity contribution >= 4 is 16.8 Å². The maximum Gasteiger partial charge on any atom is 0.220 e. The Kier molecular flexibility index (Phi) is 4.10. The number of ether oxygens (including phenoxy) is 1. The fourth-order valence-electron chi connectivity index (χ4n) is 3.92. The van der Waals surface area contributed by atoms with E-state index in [2.05, 4.69) is 15.0 Å². The number of amides is 1. The topological polar surface area (TPSA) is 61.1 Å². The molecule has 2 fully saturated rings. The van der Waals surface area contributed by atoms with Gasteiger partial charge in [0.2, 0.25) is 5.91 Å². The minimum Gasteiger partial charge on any atom is -0.491 e. The van der Waals surface area contributed by atoms with Gasteiger partial charge in [0.1, 0.15) is 11.6 Å². The van der Waals surface area contributed by atoms with Crippen LogP contribution >= 0.6 is 0 Å². The van der Waals surface area contributed by atoms with Crippen LogP contribution in [-0.4, -0.2) is 33.4 Å². The summed E-state index contributed by atoms with van der Waals surface area (Å²) < 4.78 is 24.0. The van der Waals surface area contributed by atoms with Crippen LogP contribution in [0.4, 0.5) is 4.39 Å². The number of carbonyl (C=O) groups excluding carboxylic acids is 1. The third-order valence-corrected chi connectivity index (χ3v) is 5.70. The molecule has 5 rings (SSSR count). The molecule has 1 saturated carbocycles. The molecule has 1 aliphatic carbocycles. The zero-order valence-corrected chi connectivity index (χ0v) is 15.8. The van der Waals surface area contributed by atoms with Crippen molar-refractivity contribution in [3.8, 4) is 11.6 Å². The summed E-state index contributed by atoms with van der Waals surface area (Å²) in [6.45, 7) is 3.76. The second-order valence-corrected chi connectivity index (χ2v) is 7.93. The van der Waals surface area contributed by atoms with Crippen molar-refractivity contribution in [2.24, 2.45) is 11.8 Å². The summed E-state index contributed by atoms with van der Waals surface area (Å²) in [6, 6.07) is 8.03. The highest BCUT2D eigenvalue weighted by atomic mass is 19.1. The first kappa shape index (κ1) is 17.3. The number of aromatic nitrogens is 3. The number of nitrogens with zero attached hydrogens (tertiary/aromatic N) is 3. The van der Waals surface area contributed by atoms with E-state index in [1.165, 1.54) is 19.0 Å². The van der Waals surface area contributed by atoms with E-state index in [9.17, 15) is 9.18 Å². The lowest BCUT2D eigenvalue weighted by molar-refractivity contribution is -0.119. The molecule has 1 aliphatic heterocycles. The molecule has 1 atom stereocenters. The normalized spacial score (nSPS) is 19.4. The van der Waals surface area contributed by atoms with Crippen LogP contribution in [0.25, 0.3) is 16.7 Å². The maximum absolute atomic E-state index is 13.9. The highest BCUT2D eigenvalue weighted by molar-refractivity contribution is 5.88. The first-order valence-electron chi connectivity index (χ1n) is 9.82. The van der Waals surface area contributed by atoms with E-state index in [1.54, 1.807) is 11.6 Å². The quantitative estimate of drug-likeness (QED) is 0.712.